The van der Waals surface area contributed by atoms with Crippen LogP contribution >= 0.6 is 24.0 Å². The van der Waals surface area contributed by atoms with E-state index in [-0.39, 0.29) is 15.6 Å². The predicted molar refractivity (Wildman–Crippen MR) is 118 cm³/mol. The molecule has 2 heterocycles. The molecule has 2 amide bonds. The van der Waals surface area contributed by atoms with Gasteiger partial charge in [0, 0.05) is 35.8 Å². The summed E-state index contributed by atoms with van der Waals surface area (Å²) < 4.78 is 2.09. The SMILES string of the molecule is Cn1cc(C=C2SC(=S)N(NC(=O)c3ccccc3[N+](=O)[O-])C2=O)c2ccccc21. The first-order chi connectivity index (χ1) is 14.4. The smallest absolute Gasteiger partial charge is 0.285 e. The van der Waals surface area contributed by atoms with E-state index in [0.29, 0.717) is 4.91 Å². The number of thiocarbonyl (C=S) groups is 1. The molecule has 8 nitrogen and oxygen atoms in total. The number of hydrazine groups is 1. The van der Waals surface area contributed by atoms with Crippen molar-refractivity contribution in [3.8, 4) is 0 Å². The molecule has 1 aliphatic rings. The molecule has 1 saturated heterocycles. The van der Waals surface area contributed by atoms with Gasteiger partial charge in [-0.3, -0.25) is 25.1 Å². The third kappa shape index (κ3) is 3.46. The van der Waals surface area contributed by atoms with Gasteiger partial charge in [0.1, 0.15) is 5.56 Å². The van der Waals surface area contributed by atoms with E-state index in [1.54, 1.807) is 6.08 Å². The molecule has 0 atom stereocenters. The van der Waals surface area contributed by atoms with Gasteiger partial charge in [0.2, 0.25) is 0 Å². The molecule has 1 N–H and O–H groups in total. The van der Waals surface area contributed by atoms with Crippen LogP contribution in [0.25, 0.3) is 17.0 Å². The number of benzene rings is 2. The molecule has 10 heteroatoms. The van der Waals surface area contributed by atoms with Gasteiger partial charge >= 0.3 is 0 Å². The summed E-state index contributed by atoms with van der Waals surface area (Å²) in [6.07, 6.45) is 3.63. The summed E-state index contributed by atoms with van der Waals surface area (Å²) in [6, 6.07) is 13.3. The number of nitrogens with one attached hydrogen (secondary N) is 1. The van der Waals surface area contributed by atoms with Crippen LogP contribution in [0.3, 0.4) is 0 Å². The van der Waals surface area contributed by atoms with Crippen LogP contribution < -0.4 is 5.43 Å². The molecule has 0 unspecified atom stereocenters. The monoisotopic (exact) mass is 438 g/mol. The van der Waals surface area contributed by atoms with Crippen molar-refractivity contribution in [2.24, 2.45) is 7.05 Å². The molecule has 0 radical (unpaired) electrons. The van der Waals surface area contributed by atoms with Gasteiger partial charge in [-0.15, -0.1) is 0 Å². The van der Waals surface area contributed by atoms with Crippen LogP contribution in [0.5, 0.6) is 0 Å². The molecule has 1 fully saturated rings. The second-order valence-electron chi connectivity index (χ2n) is 6.44. The van der Waals surface area contributed by atoms with Crippen LogP contribution in [-0.4, -0.2) is 30.6 Å². The first-order valence-corrected chi connectivity index (χ1v) is 9.95. The average Bonchev–Trinajstić information content (AvgIpc) is 3.19. The Morgan fingerprint density at radius 3 is 2.67 bits per heavy atom. The Bertz CT molecular complexity index is 1260. The van der Waals surface area contributed by atoms with Crippen molar-refractivity contribution in [1.82, 2.24) is 15.0 Å². The third-order valence-electron chi connectivity index (χ3n) is 4.57. The first-order valence-electron chi connectivity index (χ1n) is 8.73. The Morgan fingerprint density at radius 1 is 1.20 bits per heavy atom. The lowest BCUT2D eigenvalue weighted by Gasteiger charge is -2.15. The fourth-order valence-electron chi connectivity index (χ4n) is 3.18. The molecule has 2 aromatic carbocycles. The highest BCUT2D eigenvalue weighted by atomic mass is 32.2. The van der Waals surface area contributed by atoms with E-state index >= 15 is 0 Å². The number of rotatable bonds is 4. The molecule has 0 spiro atoms. The quantitative estimate of drug-likeness (QED) is 0.289. The van der Waals surface area contributed by atoms with Crippen molar-refractivity contribution in [2.75, 3.05) is 0 Å². The molecular weight excluding hydrogens is 424 g/mol. The van der Waals surface area contributed by atoms with Crippen LogP contribution in [-0.2, 0) is 11.8 Å². The van der Waals surface area contributed by atoms with Gasteiger partial charge in [-0.05, 0) is 30.4 Å². The van der Waals surface area contributed by atoms with E-state index < -0.39 is 16.7 Å². The minimum absolute atomic E-state index is 0.137. The fourth-order valence-corrected chi connectivity index (χ4v) is 4.35. The second kappa shape index (κ2) is 7.73. The van der Waals surface area contributed by atoms with Crippen LogP contribution in [0.2, 0.25) is 0 Å². The van der Waals surface area contributed by atoms with E-state index in [1.807, 2.05) is 42.1 Å². The number of aryl methyl sites for hydroxylation is 1. The minimum Gasteiger partial charge on any atom is -0.350 e. The number of amides is 2. The Kier molecular flexibility index (Phi) is 5.10. The molecule has 1 aromatic heterocycles. The lowest BCUT2D eigenvalue weighted by Crippen LogP contribution is -2.45. The molecule has 0 aliphatic carbocycles. The van der Waals surface area contributed by atoms with Crippen LogP contribution in [0.4, 0.5) is 5.69 Å². The summed E-state index contributed by atoms with van der Waals surface area (Å²) in [5.74, 6) is -1.28. The summed E-state index contributed by atoms with van der Waals surface area (Å²) in [5.41, 5.74) is 3.73. The highest BCUT2D eigenvalue weighted by Gasteiger charge is 2.35. The van der Waals surface area contributed by atoms with Crippen molar-refractivity contribution in [2.45, 2.75) is 0 Å². The highest BCUT2D eigenvalue weighted by Crippen LogP contribution is 2.33. The van der Waals surface area contributed by atoms with Gasteiger partial charge in [0.25, 0.3) is 17.5 Å². The maximum Gasteiger partial charge on any atom is 0.285 e. The summed E-state index contributed by atoms with van der Waals surface area (Å²) in [5, 5.41) is 13.1. The van der Waals surface area contributed by atoms with Gasteiger partial charge < -0.3 is 4.57 Å². The molecule has 0 saturated carbocycles. The van der Waals surface area contributed by atoms with Crippen LogP contribution in [0.15, 0.2) is 59.6 Å². The highest BCUT2D eigenvalue weighted by molar-refractivity contribution is 8.26. The topological polar surface area (TPSA) is 97.5 Å². The number of nitro benzene ring substituents is 1. The van der Waals surface area contributed by atoms with E-state index in [0.717, 1.165) is 33.2 Å². The lowest BCUT2D eigenvalue weighted by atomic mass is 10.1. The third-order valence-corrected chi connectivity index (χ3v) is 5.87. The molecule has 3 aromatic rings. The van der Waals surface area contributed by atoms with Crippen molar-refractivity contribution in [3.63, 3.8) is 0 Å². The van der Waals surface area contributed by atoms with E-state index in [9.17, 15) is 19.7 Å². The van der Waals surface area contributed by atoms with Gasteiger partial charge in [-0.25, -0.2) is 0 Å². The zero-order valence-corrected chi connectivity index (χ0v) is 17.2. The maximum atomic E-state index is 12.8. The number of fused-ring (bicyclic) bond motifs is 1. The summed E-state index contributed by atoms with van der Waals surface area (Å²) in [7, 11) is 1.91. The zero-order chi connectivity index (χ0) is 21.4. The van der Waals surface area contributed by atoms with Gasteiger partial charge in [0.15, 0.2) is 4.32 Å². The molecule has 1 aliphatic heterocycles. The standard InChI is InChI=1S/C20H14N4O4S2/c1-22-11-12(13-6-2-4-8-15(13)22)10-17-19(26)23(20(29)30-17)21-18(25)14-7-3-5-9-16(14)24(27)28/h2-11H,1H3,(H,21,25). The number of hydrogen-bond acceptors (Lipinski definition) is 6. The van der Waals surface area contributed by atoms with E-state index in [1.165, 1.54) is 24.3 Å². The summed E-state index contributed by atoms with van der Waals surface area (Å²) in [6.45, 7) is 0. The van der Waals surface area contributed by atoms with Gasteiger partial charge in [0.05, 0.1) is 9.83 Å². The molecule has 150 valence electrons. The minimum atomic E-state index is -0.787. The van der Waals surface area contributed by atoms with Crippen LogP contribution in [0, 0.1) is 10.1 Å². The number of carbonyl (C=O) groups is 2. The zero-order valence-electron chi connectivity index (χ0n) is 15.6. The Balaban J connectivity index is 1.61. The second-order valence-corrected chi connectivity index (χ2v) is 8.12. The number of nitrogens with zero attached hydrogens (tertiary/aromatic N) is 3. The maximum absolute atomic E-state index is 12.8. The Hall–Kier alpha value is -3.50. The molecule has 30 heavy (non-hydrogen) atoms. The molecule has 4 rings (SSSR count). The van der Waals surface area contributed by atoms with Crippen molar-refractivity contribution < 1.29 is 14.5 Å². The summed E-state index contributed by atoms with van der Waals surface area (Å²) >= 11 is 6.29. The largest absolute Gasteiger partial charge is 0.350 e. The van der Waals surface area contributed by atoms with Gasteiger partial charge in [-0.2, -0.15) is 5.01 Å². The first kappa shape index (κ1) is 19.8. The number of hydrogen-bond donors (Lipinski definition) is 1. The lowest BCUT2D eigenvalue weighted by molar-refractivity contribution is -0.385. The Morgan fingerprint density at radius 2 is 1.90 bits per heavy atom. The normalized spacial score (nSPS) is 15.2. The average molecular weight is 438 g/mol. The number of carbonyl (C=O) groups excluding carboxylic acids is 2. The number of para-hydroxylation sites is 2. The summed E-state index contributed by atoms with van der Waals surface area (Å²) in [4.78, 5) is 36.3. The molecular formula is C20H14N4O4S2. The van der Waals surface area contributed by atoms with E-state index in [2.05, 4.69) is 5.43 Å². The van der Waals surface area contributed by atoms with Crippen molar-refractivity contribution >= 4 is 62.8 Å². The fraction of sp³-hybridized carbons (Fsp3) is 0.0500. The Labute approximate surface area is 180 Å². The predicted octanol–water partition coefficient (Wildman–Crippen LogP) is 3.63. The van der Waals surface area contributed by atoms with Crippen molar-refractivity contribution in [1.29, 1.82) is 0 Å². The van der Waals surface area contributed by atoms with Gasteiger partial charge in [-0.1, -0.05) is 42.1 Å². The number of nitro groups is 1. The van der Waals surface area contributed by atoms with Crippen molar-refractivity contribution in [3.05, 3.63) is 80.9 Å². The number of thioether (sulfide) groups is 1. The number of aromatic nitrogens is 1. The van der Waals surface area contributed by atoms with Crippen LogP contribution in [0.1, 0.15) is 15.9 Å². The molecule has 0 bridgehead atoms. The van der Waals surface area contributed by atoms with E-state index in [4.69, 9.17) is 12.2 Å².